The third-order valence-electron chi connectivity index (χ3n) is 11.1. The van der Waals surface area contributed by atoms with Crippen molar-refractivity contribution in [1.82, 2.24) is 21.0 Å². The number of ether oxygens (including phenoxy) is 3. The van der Waals surface area contributed by atoms with Gasteiger partial charge in [-0.15, -0.1) is 0 Å². The minimum atomic E-state index is -4.27. The summed E-state index contributed by atoms with van der Waals surface area (Å²) in [5.74, 6) is -3.58. The summed E-state index contributed by atoms with van der Waals surface area (Å²) in [4.78, 5) is 77.9. The first kappa shape index (κ1) is 56.9. The van der Waals surface area contributed by atoms with Crippen molar-refractivity contribution in [2.45, 2.75) is 103 Å². The topological polar surface area (TPSA) is 214 Å². The zero-order chi connectivity index (χ0) is 51.9. The second-order valence-electron chi connectivity index (χ2n) is 16.9. The van der Waals surface area contributed by atoms with Crippen LogP contribution in [0.3, 0.4) is 0 Å². The molecule has 0 fully saturated rings. The lowest BCUT2D eigenvalue weighted by molar-refractivity contribution is -0.150. The number of unbranched alkanes of at least 4 members (excludes halogenated alkanes) is 3. The molecule has 0 aliphatic heterocycles. The lowest BCUT2D eigenvalue weighted by atomic mass is 10.1. The third-order valence-corrected chi connectivity index (χ3v) is 12.7. The van der Waals surface area contributed by atoms with Crippen LogP contribution in [0.15, 0.2) is 146 Å². The van der Waals surface area contributed by atoms with Crippen LogP contribution in [0.5, 0.6) is 0 Å². The molecule has 18 heteroatoms. The Hall–Kier alpha value is -7.04. The van der Waals surface area contributed by atoms with Gasteiger partial charge in [-0.3, -0.25) is 33.0 Å². The molecule has 3 atom stereocenters. The van der Waals surface area contributed by atoms with Gasteiger partial charge in [-0.2, -0.15) is 0 Å². The van der Waals surface area contributed by atoms with Gasteiger partial charge in [-0.05, 0) is 85.0 Å². The molecule has 0 radical (unpaired) electrons. The number of hydrogen-bond acceptors (Lipinski definition) is 12. The second-order valence-corrected chi connectivity index (χ2v) is 18.7. The molecule has 0 spiro atoms. The maximum absolute atomic E-state index is 14.4. The van der Waals surface area contributed by atoms with Crippen LogP contribution in [-0.2, 0) is 78.2 Å². The number of carbonyl (C=O) groups excluding carboxylic acids is 6. The van der Waals surface area contributed by atoms with Crippen LogP contribution in [-0.4, -0.2) is 67.4 Å². The van der Waals surface area contributed by atoms with E-state index in [9.17, 15) is 37.7 Å². The van der Waals surface area contributed by atoms with Crippen molar-refractivity contribution in [1.29, 1.82) is 0 Å². The van der Waals surface area contributed by atoms with Crippen molar-refractivity contribution < 1.29 is 61.0 Å². The fourth-order valence-electron chi connectivity index (χ4n) is 7.01. The number of hydrogen-bond donors (Lipinski definition) is 4. The predicted octanol–water partition coefficient (Wildman–Crippen LogP) is 8.59. The van der Waals surface area contributed by atoms with Crippen LogP contribution in [0, 0.1) is 5.82 Å². The van der Waals surface area contributed by atoms with Gasteiger partial charge in [-0.1, -0.05) is 128 Å². The monoisotopic (exact) mass is 1020 g/mol. The van der Waals surface area contributed by atoms with Crippen molar-refractivity contribution in [2.24, 2.45) is 0 Å². The molecule has 0 bridgehead atoms. The van der Waals surface area contributed by atoms with Crippen molar-refractivity contribution in [3.63, 3.8) is 0 Å². The standard InChI is InChI=1S/C55H64FN4O12P/c56-47-29-27-46(28-30-47)53(64)58-36-15-5-14-26-51(62)59-48(54(65)69-39-43-20-8-2-9-21-43)31-33-50(61)57-35-16-17-37-71-73(67,72-41-45-24-12-4-13-25-45)60-49(55(66)70-40-44-22-10-3-11-23-44)32-34-52(63)68-38-42-18-6-1-7-19-42/h1-4,6-13,18-25,27-30,48-49H,5,14-17,26,31-41H2,(H,57,61)(H,58,64)(H,59,62)(H,60,67)/t48-,49-,73?/m0/s1. The van der Waals surface area contributed by atoms with Crippen molar-refractivity contribution in [2.75, 3.05) is 19.7 Å². The van der Waals surface area contributed by atoms with Gasteiger partial charge >= 0.3 is 25.7 Å². The Labute approximate surface area is 425 Å². The Kier molecular flexibility index (Phi) is 25.0. The molecule has 1 unspecified atom stereocenters. The molecular formula is C55H64FN4O12P. The average molecular weight is 1020 g/mol. The summed E-state index contributed by atoms with van der Waals surface area (Å²) in [6.45, 7) is 0.273. The van der Waals surface area contributed by atoms with Crippen LogP contribution < -0.4 is 21.0 Å². The van der Waals surface area contributed by atoms with Crippen molar-refractivity contribution in [3.8, 4) is 0 Å². The van der Waals surface area contributed by atoms with Gasteiger partial charge in [0.2, 0.25) is 11.8 Å². The lowest BCUT2D eigenvalue weighted by Crippen LogP contribution is -2.42. The molecule has 388 valence electrons. The molecular weight excluding hydrogens is 959 g/mol. The molecule has 0 saturated heterocycles. The SMILES string of the molecule is O=C(CC[C@H](NC(=O)CCCCCNC(=O)c1ccc(F)cc1)C(=O)OCc1ccccc1)NCCCCOP(=O)(N[C@@H](CCC(=O)OCc1ccccc1)C(=O)OCc1ccccc1)OCc1ccccc1. The van der Waals surface area contributed by atoms with Crippen LogP contribution in [0.4, 0.5) is 4.39 Å². The number of esters is 3. The Bertz CT molecular complexity index is 2510. The normalized spacial score (nSPS) is 12.6. The van der Waals surface area contributed by atoms with E-state index in [2.05, 4.69) is 21.0 Å². The molecule has 0 aromatic heterocycles. The van der Waals surface area contributed by atoms with E-state index in [1.165, 1.54) is 24.3 Å². The first-order valence-electron chi connectivity index (χ1n) is 24.4. The summed E-state index contributed by atoms with van der Waals surface area (Å²) < 4.78 is 55.8. The van der Waals surface area contributed by atoms with E-state index in [0.717, 1.165) is 16.7 Å². The maximum atomic E-state index is 14.4. The summed E-state index contributed by atoms with van der Waals surface area (Å²) in [7, 11) is -4.27. The summed E-state index contributed by atoms with van der Waals surface area (Å²) >= 11 is 0. The molecule has 3 amide bonds. The minimum absolute atomic E-state index is 0.0213. The number of benzene rings is 5. The van der Waals surface area contributed by atoms with Gasteiger partial charge in [0.25, 0.3) is 5.91 Å². The molecule has 16 nitrogen and oxygen atoms in total. The summed E-state index contributed by atoms with van der Waals surface area (Å²) in [5.41, 5.74) is 3.30. The Morgan fingerprint density at radius 3 is 1.55 bits per heavy atom. The Balaban J connectivity index is 1.09. The quantitative estimate of drug-likeness (QED) is 0.0134. The highest BCUT2D eigenvalue weighted by molar-refractivity contribution is 7.51. The Morgan fingerprint density at radius 2 is 0.973 bits per heavy atom. The van der Waals surface area contributed by atoms with E-state index in [1.807, 2.05) is 60.7 Å². The van der Waals surface area contributed by atoms with Crippen LogP contribution in [0.1, 0.15) is 96.8 Å². The molecule has 0 aliphatic carbocycles. The van der Waals surface area contributed by atoms with Gasteiger partial charge in [0.05, 0.1) is 13.2 Å². The van der Waals surface area contributed by atoms with E-state index in [1.54, 1.807) is 60.7 Å². The highest BCUT2D eigenvalue weighted by atomic mass is 31.2. The average Bonchev–Trinajstić information content (AvgIpc) is 3.41. The number of nitrogens with one attached hydrogen (secondary N) is 4. The van der Waals surface area contributed by atoms with Gasteiger partial charge in [-0.25, -0.2) is 18.8 Å². The number of carbonyl (C=O) groups is 6. The van der Waals surface area contributed by atoms with Gasteiger partial charge < -0.3 is 30.2 Å². The molecule has 0 aliphatic rings. The second kappa shape index (κ2) is 32.1. The molecule has 5 aromatic carbocycles. The summed E-state index contributed by atoms with van der Waals surface area (Å²) in [5, 5.41) is 11.0. The molecule has 5 rings (SSSR count). The largest absolute Gasteiger partial charge is 0.461 e. The molecule has 5 aromatic rings. The molecule has 0 heterocycles. The lowest BCUT2D eigenvalue weighted by Gasteiger charge is -2.24. The smallest absolute Gasteiger partial charge is 0.406 e. The fourth-order valence-corrected chi connectivity index (χ4v) is 8.54. The first-order chi connectivity index (χ1) is 35.4. The highest BCUT2D eigenvalue weighted by Gasteiger charge is 2.34. The minimum Gasteiger partial charge on any atom is -0.461 e. The molecule has 4 N–H and O–H groups in total. The van der Waals surface area contributed by atoms with Crippen molar-refractivity contribution >= 4 is 43.4 Å². The Morgan fingerprint density at radius 1 is 0.479 bits per heavy atom. The van der Waals surface area contributed by atoms with E-state index >= 15 is 0 Å². The third kappa shape index (κ3) is 22.9. The van der Waals surface area contributed by atoms with Gasteiger partial charge in [0.1, 0.15) is 37.7 Å². The van der Waals surface area contributed by atoms with Crippen LogP contribution in [0.25, 0.3) is 0 Å². The van der Waals surface area contributed by atoms with Crippen LogP contribution >= 0.6 is 7.75 Å². The zero-order valence-electron chi connectivity index (χ0n) is 40.8. The summed E-state index contributed by atoms with van der Waals surface area (Å²) in [6, 6.07) is 39.0. The molecule has 73 heavy (non-hydrogen) atoms. The number of rotatable bonds is 33. The maximum Gasteiger partial charge on any atom is 0.406 e. The number of amides is 3. The number of halogens is 1. The highest BCUT2D eigenvalue weighted by Crippen LogP contribution is 2.46. The predicted molar refractivity (Wildman–Crippen MR) is 270 cm³/mol. The summed E-state index contributed by atoms with van der Waals surface area (Å²) in [6.07, 6.45) is 1.98. The zero-order valence-corrected chi connectivity index (χ0v) is 41.7. The fraction of sp³-hybridized carbons (Fsp3) is 0.345. The van der Waals surface area contributed by atoms with E-state index < -0.39 is 49.5 Å². The van der Waals surface area contributed by atoms with Crippen molar-refractivity contribution in [3.05, 3.63) is 179 Å². The van der Waals surface area contributed by atoms with E-state index in [4.69, 9.17) is 23.3 Å². The first-order valence-corrected chi connectivity index (χ1v) is 25.9. The van der Waals surface area contributed by atoms with E-state index in [0.29, 0.717) is 49.8 Å². The van der Waals surface area contributed by atoms with E-state index in [-0.39, 0.29) is 83.5 Å². The van der Waals surface area contributed by atoms with Crippen LogP contribution in [0.2, 0.25) is 0 Å². The van der Waals surface area contributed by atoms with Gasteiger partial charge in [0, 0.05) is 37.9 Å². The van der Waals surface area contributed by atoms with Gasteiger partial charge in [0.15, 0.2) is 0 Å². The molecule has 0 saturated carbocycles.